The number of carbonyl (C=O) groups is 1. The molecule has 0 saturated carbocycles. The van der Waals surface area contributed by atoms with E-state index in [0.29, 0.717) is 24.4 Å². The zero-order chi connectivity index (χ0) is 19.0. The van der Waals surface area contributed by atoms with Gasteiger partial charge >= 0.3 is 0 Å². The maximum atomic E-state index is 12.7. The van der Waals surface area contributed by atoms with E-state index < -0.39 is 0 Å². The van der Waals surface area contributed by atoms with Crippen molar-refractivity contribution in [1.29, 1.82) is 0 Å². The molecule has 0 atom stereocenters. The molecule has 0 aliphatic carbocycles. The SMILES string of the molecule is Cc1cc(C(=O)N2CCN(c3ccc(-n4ccnc4C)nn3)CC2)c(C)o1. The molecular weight excluding hydrogens is 344 g/mol. The molecule has 0 spiro atoms. The van der Waals surface area contributed by atoms with Gasteiger partial charge in [-0.3, -0.25) is 9.36 Å². The van der Waals surface area contributed by atoms with Gasteiger partial charge in [0.05, 0.1) is 5.56 Å². The van der Waals surface area contributed by atoms with Gasteiger partial charge in [0, 0.05) is 38.6 Å². The quantitative estimate of drug-likeness (QED) is 0.707. The van der Waals surface area contributed by atoms with Crippen LogP contribution in [0.5, 0.6) is 0 Å². The molecule has 140 valence electrons. The van der Waals surface area contributed by atoms with E-state index in [1.807, 2.05) is 54.6 Å². The van der Waals surface area contributed by atoms with Gasteiger partial charge < -0.3 is 14.2 Å². The van der Waals surface area contributed by atoms with Crippen molar-refractivity contribution in [2.24, 2.45) is 0 Å². The van der Waals surface area contributed by atoms with Crippen LogP contribution in [0.1, 0.15) is 27.7 Å². The minimum atomic E-state index is 0.0287. The van der Waals surface area contributed by atoms with Gasteiger partial charge in [-0.2, -0.15) is 0 Å². The van der Waals surface area contributed by atoms with E-state index >= 15 is 0 Å². The number of amides is 1. The highest BCUT2D eigenvalue weighted by molar-refractivity contribution is 5.95. The van der Waals surface area contributed by atoms with E-state index in [1.165, 1.54) is 0 Å². The average molecular weight is 366 g/mol. The molecule has 1 aliphatic heterocycles. The number of carbonyl (C=O) groups excluding carboxylic acids is 1. The van der Waals surface area contributed by atoms with E-state index in [-0.39, 0.29) is 5.91 Å². The Hall–Kier alpha value is -3.16. The van der Waals surface area contributed by atoms with Crippen molar-refractivity contribution in [3.05, 3.63) is 53.5 Å². The summed E-state index contributed by atoms with van der Waals surface area (Å²) in [7, 11) is 0. The molecule has 3 aromatic rings. The van der Waals surface area contributed by atoms with Crippen LogP contribution >= 0.6 is 0 Å². The van der Waals surface area contributed by atoms with Crippen LogP contribution in [0.3, 0.4) is 0 Å². The minimum Gasteiger partial charge on any atom is -0.466 e. The highest BCUT2D eigenvalue weighted by Crippen LogP contribution is 2.19. The van der Waals surface area contributed by atoms with Crippen molar-refractivity contribution in [3.8, 4) is 5.82 Å². The molecule has 4 heterocycles. The second-order valence-corrected chi connectivity index (χ2v) is 6.70. The molecule has 1 amide bonds. The molecule has 8 nitrogen and oxygen atoms in total. The summed E-state index contributed by atoms with van der Waals surface area (Å²) in [5.41, 5.74) is 0.654. The Kier molecular flexibility index (Phi) is 4.39. The van der Waals surface area contributed by atoms with E-state index in [2.05, 4.69) is 20.1 Å². The van der Waals surface area contributed by atoms with Gasteiger partial charge in [-0.05, 0) is 39.0 Å². The van der Waals surface area contributed by atoms with E-state index in [0.717, 1.165) is 36.3 Å². The molecule has 1 fully saturated rings. The van der Waals surface area contributed by atoms with E-state index in [9.17, 15) is 4.79 Å². The third kappa shape index (κ3) is 3.30. The number of aromatic nitrogens is 4. The average Bonchev–Trinajstić information content (AvgIpc) is 3.26. The van der Waals surface area contributed by atoms with Crippen molar-refractivity contribution >= 4 is 11.7 Å². The number of furan rings is 1. The number of hydrogen-bond acceptors (Lipinski definition) is 6. The van der Waals surface area contributed by atoms with Gasteiger partial charge in [0.2, 0.25) is 0 Å². The Morgan fingerprint density at radius 1 is 1.04 bits per heavy atom. The van der Waals surface area contributed by atoms with Crippen LogP contribution in [0.25, 0.3) is 5.82 Å². The van der Waals surface area contributed by atoms with E-state index in [1.54, 1.807) is 6.20 Å². The maximum Gasteiger partial charge on any atom is 0.257 e. The fourth-order valence-corrected chi connectivity index (χ4v) is 3.39. The second kappa shape index (κ2) is 6.86. The van der Waals surface area contributed by atoms with Gasteiger partial charge in [0.1, 0.15) is 17.3 Å². The highest BCUT2D eigenvalue weighted by atomic mass is 16.3. The summed E-state index contributed by atoms with van der Waals surface area (Å²) in [5, 5.41) is 8.67. The fraction of sp³-hybridized carbons (Fsp3) is 0.368. The van der Waals surface area contributed by atoms with Crippen molar-refractivity contribution in [2.45, 2.75) is 20.8 Å². The van der Waals surface area contributed by atoms with Crippen LogP contribution < -0.4 is 4.90 Å². The summed E-state index contributed by atoms with van der Waals surface area (Å²) < 4.78 is 7.38. The van der Waals surface area contributed by atoms with Gasteiger partial charge in [-0.25, -0.2) is 4.98 Å². The van der Waals surface area contributed by atoms with Crippen LogP contribution in [0.4, 0.5) is 5.82 Å². The summed E-state index contributed by atoms with van der Waals surface area (Å²) >= 11 is 0. The standard InChI is InChI=1S/C19H22N6O2/c1-13-12-16(14(2)27-13)19(26)24-10-8-23(9-11-24)17-4-5-18(22-21-17)25-7-6-20-15(25)3/h4-7,12H,8-11H2,1-3H3. The van der Waals surface area contributed by atoms with Crippen LogP contribution in [0.15, 0.2) is 35.0 Å². The van der Waals surface area contributed by atoms with Crippen LogP contribution in [0, 0.1) is 20.8 Å². The smallest absolute Gasteiger partial charge is 0.257 e. The molecule has 4 rings (SSSR count). The first-order chi connectivity index (χ1) is 13.0. The number of hydrogen-bond donors (Lipinski definition) is 0. The number of anilines is 1. The summed E-state index contributed by atoms with van der Waals surface area (Å²) in [6.45, 7) is 8.35. The topological polar surface area (TPSA) is 80.3 Å². The van der Waals surface area contributed by atoms with Gasteiger partial charge in [-0.15, -0.1) is 10.2 Å². The molecule has 0 radical (unpaired) electrons. The maximum absolute atomic E-state index is 12.7. The third-order valence-corrected chi connectivity index (χ3v) is 4.87. The molecular formula is C19H22N6O2. The normalized spacial score (nSPS) is 14.6. The molecule has 27 heavy (non-hydrogen) atoms. The Morgan fingerprint density at radius 2 is 1.74 bits per heavy atom. The summed E-state index contributed by atoms with van der Waals surface area (Å²) in [4.78, 5) is 20.9. The Bertz CT molecular complexity index is 951. The molecule has 0 aromatic carbocycles. The van der Waals surface area contributed by atoms with Crippen LogP contribution in [-0.2, 0) is 0 Å². The van der Waals surface area contributed by atoms with Gasteiger partial charge in [0.25, 0.3) is 5.91 Å². The number of imidazole rings is 1. The molecule has 0 N–H and O–H groups in total. The van der Waals surface area contributed by atoms with Crippen molar-refractivity contribution in [2.75, 3.05) is 31.1 Å². The Labute approximate surface area is 157 Å². The molecule has 8 heteroatoms. The van der Waals surface area contributed by atoms with E-state index in [4.69, 9.17) is 4.42 Å². The summed E-state index contributed by atoms with van der Waals surface area (Å²) in [6, 6.07) is 5.71. The van der Waals surface area contributed by atoms with Crippen LogP contribution in [-0.4, -0.2) is 56.7 Å². The molecule has 3 aromatic heterocycles. The lowest BCUT2D eigenvalue weighted by molar-refractivity contribution is 0.0744. The van der Waals surface area contributed by atoms with Crippen molar-refractivity contribution in [1.82, 2.24) is 24.6 Å². The first kappa shape index (κ1) is 17.3. The number of rotatable bonds is 3. The summed E-state index contributed by atoms with van der Waals surface area (Å²) in [6.07, 6.45) is 3.60. The zero-order valence-corrected chi connectivity index (χ0v) is 15.7. The van der Waals surface area contributed by atoms with Gasteiger partial charge in [-0.1, -0.05) is 0 Å². The summed E-state index contributed by atoms with van der Waals surface area (Å²) in [5.74, 6) is 3.90. The molecule has 1 aliphatic rings. The predicted octanol–water partition coefficient (Wildman–Crippen LogP) is 2.14. The fourth-order valence-electron chi connectivity index (χ4n) is 3.39. The zero-order valence-electron chi connectivity index (χ0n) is 15.7. The highest BCUT2D eigenvalue weighted by Gasteiger charge is 2.25. The monoisotopic (exact) mass is 366 g/mol. The Balaban J connectivity index is 1.41. The lowest BCUT2D eigenvalue weighted by Gasteiger charge is -2.35. The first-order valence-corrected chi connectivity index (χ1v) is 8.98. The number of nitrogens with zero attached hydrogens (tertiary/aromatic N) is 6. The lowest BCUT2D eigenvalue weighted by Crippen LogP contribution is -2.49. The molecule has 0 bridgehead atoms. The molecule has 0 unspecified atom stereocenters. The van der Waals surface area contributed by atoms with Crippen molar-refractivity contribution in [3.63, 3.8) is 0 Å². The first-order valence-electron chi connectivity index (χ1n) is 8.98. The number of aryl methyl sites for hydroxylation is 3. The van der Waals surface area contributed by atoms with Gasteiger partial charge in [0.15, 0.2) is 11.6 Å². The largest absolute Gasteiger partial charge is 0.466 e. The minimum absolute atomic E-state index is 0.0287. The van der Waals surface area contributed by atoms with Crippen molar-refractivity contribution < 1.29 is 9.21 Å². The molecule has 1 saturated heterocycles. The second-order valence-electron chi connectivity index (χ2n) is 6.70. The predicted molar refractivity (Wildman–Crippen MR) is 100 cm³/mol. The lowest BCUT2D eigenvalue weighted by atomic mass is 10.2. The Morgan fingerprint density at radius 3 is 2.30 bits per heavy atom. The number of piperazine rings is 1. The van der Waals surface area contributed by atoms with Crippen LogP contribution in [0.2, 0.25) is 0 Å². The third-order valence-electron chi connectivity index (χ3n) is 4.87.